The van der Waals surface area contributed by atoms with Crippen molar-refractivity contribution in [1.29, 1.82) is 5.26 Å². The highest BCUT2D eigenvalue weighted by atomic mass is 16.5. The minimum atomic E-state index is 0.602. The fraction of sp³-hybridized carbons (Fsp3) is 0.296. The zero-order chi connectivity index (χ0) is 23.1. The molecule has 7 nitrogen and oxygen atoms in total. The molecule has 2 aromatic carbocycles. The average Bonchev–Trinajstić information content (AvgIpc) is 3.54. The summed E-state index contributed by atoms with van der Waals surface area (Å²) < 4.78 is 8.19. The molecule has 7 heteroatoms. The van der Waals surface area contributed by atoms with E-state index in [4.69, 9.17) is 14.7 Å². The molecule has 4 heterocycles. The van der Waals surface area contributed by atoms with Crippen LogP contribution in [0.4, 0.5) is 5.69 Å². The van der Waals surface area contributed by atoms with Gasteiger partial charge in [-0.05, 0) is 55.3 Å². The van der Waals surface area contributed by atoms with Gasteiger partial charge in [-0.1, -0.05) is 18.2 Å². The average molecular weight is 451 g/mol. The van der Waals surface area contributed by atoms with E-state index in [0.29, 0.717) is 18.1 Å². The van der Waals surface area contributed by atoms with Gasteiger partial charge in [0.15, 0.2) is 0 Å². The third-order valence-corrected chi connectivity index (χ3v) is 6.92. The van der Waals surface area contributed by atoms with Gasteiger partial charge in [0.05, 0.1) is 47.6 Å². The Morgan fingerprint density at radius 2 is 2.00 bits per heavy atom. The standard InChI is InChI=1S/C27H26N6O/c1-32-10-11-34-24-12-21(6-7-22(24)32)26-25(20-4-2-18(13-28)3-5-20)27-23(15-30-26)33(17-31-27)16-19-8-9-29-14-19/h2-7,12,15,17,19,29H,8-11,14,16H2,1H3. The summed E-state index contributed by atoms with van der Waals surface area (Å²) in [6.45, 7) is 4.59. The fourth-order valence-electron chi connectivity index (χ4n) is 5.03. The maximum atomic E-state index is 9.28. The van der Waals surface area contributed by atoms with Crippen LogP contribution in [0.3, 0.4) is 0 Å². The number of fused-ring (bicyclic) bond motifs is 2. The van der Waals surface area contributed by atoms with Crippen molar-refractivity contribution in [3.05, 3.63) is 60.6 Å². The quantitative estimate of drug-likeness (QED) is 0.505. The van der Waals surface area contributed by atoms with Crippen LogP contribution >= 0.6 is 0 Å². The van der Waals surface area contributed by atoms with Crippen LogP contribution in [-0.4, -0.2) is 47.8 Å². The van der Waals surface area contributed by atoms with Crippen molar-refractivity contribution in [3.8, 4) is 34.2 Å². The Morgan fingerprint density at radius 3 is 2.79 bits per heavy atom. The molecule has 1 unspecified atom stereocenters. The summed E-state index contributed by atoms with van der Waals surface area (Å²) in [5.74, 6) is 1.48. The molecule has 6 rings (SSSR count). The highest BCUT2D eigenvalue weighted by molar-refractivity contribution is 5.99. The number of likely N-dealkylation sites (N-methyl/N-ethyl adjacent to an activating group) is 1. The second-order valence-corrected chi connectivity index (χ2v) is 9.11. The molecule has 1 atom stereocenters. The Morgan fingerprint density at radius 1 is 1.15 bits per heavy atom. The summed E-state index contributed by atoms with van der Waals surface area (Å²) >= 11 is 0. The van der Waals surface area contributed by atoms with Crippen molar-refractivity contribution in [1.82, 2.24) is 19.9 Å². The Balaban J connectivity index is 1.51. The Hall–Kier alpha value is -3.89. The lowest BCUT2D eigenvalue weighted by molar-refractivity contribution is 0.311. The largest absolute Gasteiger partial charge is 0.490 e. The Bertz CT molecular complexity index is 1400. The molecular weight excluding hydrogens is 424 g/mol. The number of nitrogens with one attached hydrogen (secondary N) is 1. The molecule has 0 amide bonds. The third-order valence-electron chi connectivity index (χ3n) is 6.92. The molecule has 0 radical (unpaired) electrons. The van der Waals surface area contributed by atoms with E-state index in [-0.39, 0.29) is 0 Å². The number of rotatable bonds is 4. The molecule has 1 saturated heterocycles. The number of imidazole rings is 1. The van der Waals surface area contributed by atoms with Crippen LogP contribution in [0.15, 0.2) is 55.0 Å². The highest BCUT2D eigenvalue weighted by Crippen LogP contribution is 2.40. The van der Waals surface area contributed by atoms with Crippen LogP contribution in [-0.2, 0) is 6.54 Å². The summed E-state index contributed by atoms with van der Waals surface area (Å²) in [6, 6.07) is 16.2. The second-order valence-electron chi connectivity index (χ2n) is 9.11. The predicted molar refractivity (Wildman–Crippen MR) is 133 cm³/mol. The molecule has 0 aliphatic carbocycles. The topological polar surface area (TPSA) is 79.0 Å². The summed E-state index contributed by atoms with van der Waals surface area (Å²) in [6.07, 6.45) is 5.06. The van der Waals surface area contributed by atoms with E-state index >= 15 is 0 Å². The van der Waals surface area contributed by atoms with E-state index in [1.165, 1.54) is 6.42 Å². The summed E-state index contributed by atoms with van der Waals surface area (Å²) in [5, 5.41) is 12.7. The second kappa shape index (κ2) is 8.47. The van der Waals surface area contributed by atoms with Crippen LogP contribution in [0.5, 0.6) is 5.75 Å². The van der Waals surface area contributed by atoms with Gasteiger partial charge in [0.25, 0.3) is 0 Å². The lowest BCUT2D eigenvalue weighted by atomic mass is 9.96. The molecule has 1 fully saturated rings. The maximum absolute atomic E-state index is 9.28. The van der Waals surface area contributed by atoms with E-state index in [1.807, 2.05) is 36.8 Å². The summed E-state index contributed by atoms with van der Waals surface area (Å²) in [5.41, 5.74) is 7.51. The van der Waals surface area contributed by atoms with Crippen LogP contribution in [0, 0.1) is 17.2 Å². The van der Waals surface area contributed by atoms with Crippen LogP contribution < -0.4 is 15.0 Å². The minimum absolute atomic E-state index is 0.602. The molecule has 0 saturated carbocycles. The molecule has 4 aromatic rings. The van der Waals surface area contributed by atoms with E-state index in [1.54, 1.807) is 0 Å². The van der Waals surface area contributed by atoms with Crippen LogP contribution in [0.1, 0.15) is 12.0 Å². The zero-order valence-electron chi connectivity index (χ0n) is 19.2. The third kappa shape index (κ3) is 3.57. The van der Waals surface area contributed by atoms with Crippen molar-refractivity contribution in [2.24, 2.45) is 5.92 Å². The Kier molecular flexibility index (Phi) is 5.16. The van der Waals surface area contributed by atoms with Gasteiger partial charge >= 0.3 is 0 Å². The number of nitrogens with zero attached hydrogens (tertiary/aromatic N) is 5. The van der Waals surface area contributed by atoms with Gasteiger partial charge in [0.2, 0.25) is 0 Å². The van der Waals surface area contributed by atoms with E-state index in [9.17, 15) is 5.26 Å². The maximum Gasteiger partial charge on any atom is 0.143 e. The Labute approximate surface area is 198 Å². The van der Waals surface area contributed by atoms with E-state index in [0.717, 1.165) is 71.0 Å². The van der Waals surface area contributed by atoms with Gasteiger partial charge in [0.1, 0.15) is 17.9 Å². The molecule has 170 valence electrons. The van der Waals surface area contributed by atoms with Gasteiger partial charge in [-0.3, -0.25) is 4.98 Å². The molecule has 2 aliphatic heterocycles. The fourth-order valence-corrected chi connectivity index (χ4v) is 5.03. The number of hydrogen-bond donors (Lipinski definition) is 1. The number of ether oxygens (including phenoxy) is 1. The van der Waals surface area contributed by atoms with E-state index < -0.39 is 0 Å². The smallest absolute Gasteiger partial charge is 0.143 e. The van der Waals surface area contributed by atoms with Crippen molar-refractivity contribution in [3.63, 3.8) is 0 Å². The van der Waals surface area contributed by atoms with Crippen molar-refractivity contribution in [2.75, 3.05) is 38.2 Å². The SMILES string of the molecule is CN1CCOc2cc(-c3ncc4c(ncn4CC4CCNC4)c3-c3ccc(C#N)cc3)ccc21. The van der Waals surface area contributed by atoms with Gasteiger partial charge in [0, 0.05) is 24.7 Å². The first-order valence-electron chi connectivity index (χ1n) is 11.7. The van der Waals surface area contributed by atoms with Gasteiger partial charge in [-0.2, -0.15) is 5.26 Å². The number of nitriles is 1. The normalized spacial score (nSPS) is 17.4. The van der Waals surface area contributed by atoms with Gasteiger partial charge < -0.3 is 19.5 Å². The predicted octanol–water partition coefficient (Wildman–Crippen LogP) is 4.08. The minimum Gasteiger partial charge on any atom is -0.490 e. The molecule has 1 N–H and O–H groups in total. The zero-order valence-corrected chi connectivity index (χ0v) is 19.2. The number of pyridine rings is 1. The molecule has 0 bridgehead atoms. The van der Waals surface area contributed by atoms with Gasteiger partial charge in [-0.15, -0.1) is 0 Å². The summed E-state index contributed by atoms with van der Waals surface area (Å²) in [4.78, 5) is 12.0. The number of hydrogen-bond acceptors (Lipinski definition) is 6. The first kappa shape index (κ1) is 20.7. The highest BCUT2D eigenvalue weighted by Gasteiger charge is 2.22. The molecular formula is C27H26N6O. The van der Waals surface area contributed by atoms with Crippen molar-refractivity contribution < 1.29 is 4.74 Å². The van der Waals surface area contributed by atoms with Gasteiger partial charge in [-0.25, -0.2) is 4.98 Å². The lowest BCUT2D eigenvalue weighted by Crippen LogP contribution is -2.28. The van der Waals surface area contributed by atoms with Crippen molar-refractivity contribution in [2.45, 2.75) is 13.0 Å². The molecule has 2 aromatic heterocycles. The summed E-state index contributed by atoms with van der Waals surface area (Å²) in [7, 11) is 2.08. The molecule has 2 aliphatic rings. The number of anilines is 1. The first-order chi connectivity index (χ1) is 16.7. The lowest BCUT2D eigenvalue weighted by Gasteiger charge is -2.28. The van der Waals surface area contributed by atoms with Crippen molar-refractivity contribution >= 4 is 16.7 Å². The van der Waals surface area contributed by atoms with Crippen LogP contribution in [0.2, 0.25) is 0 Å². The van der Waals surface area contributed by atoms with E-state index in [2.05, 4.69) is 46.1 Å². The first-order valence-corrected chi connectivity index (χ1v) is 11.7. The number of aromatic nitrogens is 3. The monoisotopic (exact) mass is 450 g/mol. The number of benzene rings is 2. The molecule has 0 spiro atoms. The van der Waals surface area contributed by atoms with Crippen LogP contribution in [0.25, 0.3) is 33.4 Å². The molecule has 34 heavy (non-hydrogen) atoms.